The maximum atomic E-state index is 11.9. The molecule has 1 atom stereocenters. The van der Waals surface area contributed by atoms with Gasteiger partial charge in [0.1, 0.15) is 5.78 Å². The van der Waals surface area contributed by atoms with Gasteiger partial charge >= 0.3 is 0 Å². The van der Waals surface area contributed by atoms with Gasteiger partial charge in [0.2, 0.25) is 0 Å². The molecule has 0 saturated heterocycles. The first-order valence-electron chi connectivity index (χ1n) is 5.80. The molecule has 3 rings (SSSR count). The van der Waals surface area contributed by atoms with Gasteiger partial charge in [-0.25, -0.2) is 0 Å². The summed E-state index contributed by atoms with van der Waals surface area (Å²) in [6.07, 6.45) is 4.10. The van der Waals surface area contributed by atoms with Gasteiger partial charge in [-0.05, 0) is 36.3 Å². The second-order valence-corrected chi connectivity index (χ2v) is 5.29. The fraction of sp³-hybridized carbons (Fsp3) is 0.500. The van der Waals surface area contributed by atoms with Crippen molar-refractivity contribution in [1.29, 1.82) is 0 Å². The summed E-state index contributed by atoms with van der Waals surface area (Å²) in [4.78, 5) is 11.9. The third kappa shape index (κ3) is 1.41. The molecule has 0 aliphatic heterocycles. The van der Waals surface area contributed by atoms with E-state index in [2.05, 4.69) is 31.2 Å². The fourth-order valence-electron chi connectivity index (χ4n) is 2.48. The fourth-order valence-corrected chi connectivity index (χ4v) is 2.48. The van der Waals surface area contributed by atoms with E-state index in [9.17, 15) is 4.79 Å². The summed E-state index contributed by atoms with van der Waals surface area (Å²) in [5.74, 6) is 1.01. The molecule has 1 heteroatoms. The Morgan fingerprint density at radius 2 is 2.13 bits per heavy atom. The summed E-state index contributed by atoms with van der Waals surface area (Å²) < 4.78 is 0. The van der Waals surface area contributed by atoms with Crippen LogP contribution in [0.1, 0.15) is 43.2 Å². The smallest absolute Gasteiger partial charge is 0.139 e. The van der Waals surface area contributed by atoms with Gasteiger partial charge in [-0.3, -0.25) is 4.79 Å². The molecule has 1 unspecified atom stereocenters. The molecule has 1 fully saturated rings. The maximum absolute atomic E-state index is 11.9. The molecule has 0 amide bonds. The van der Waals surface area contributed by atoms with Gasteiger partial charge in [0.15, 0.2) is 0 Å². The Morgan fingerprint density at radius 3 is 2.80 bits per heavy atom. The summed E-state index contributed by atoms with van der Waals surface area (Å²) in [6, 6.07) is 8.51. The Bertz CT molecular complexity index is 415. The molecular formula is C14H16O. The average molecular weight is 200 g/mol. The van der Waals surface area contributed by atoms with E-state index in [0.29, 0.717) is 11.7 Å². The highest BCUT2D eigenvalue weighted by atomic mass is 16.1. The predicted octanol–water partition coefficient (Wildman–Crippen LogP) is 3.09. The summed E-state index contributed by atoms with van der Waals surface area (Å²) in [6.45, 7) is 2.11. The standard InChI is InChI=1S/C14H16O/c1-14(6-7-14)13(15)9-11-8-10-4-2-3-5-12(10)11/h2-5,11H,6-9H2,1H3. The topological polar surface area (TPSA) is 17.1 Å². The van der Waals surface area contributed by atoms with Gasteiger partial charge < -0.3 is 0 Å². The second-order valence-electron chi connectivity index (χ2n) is 5.29. The average Bonchev–Trinajstić information content (AvgIpc) is 2.94. The number of carbonyl (C=O) groups excluding carboxylic acids is 1. The van der Waals surface area contributed by atoms with Crippen molar-refractivity contribution in [3.8, 4) is 0 Å². The minimum atomic E-state index is 0.0601. The van der Waals surface area contributed by atoms with Crippen LogP contribution < -0.4 is 0 Å². The Kier molecular flexibility index (Phi) is 1.79. The maximum Gasteiger partial charge on any atom is 0.139 e. The number of fused-ring (bicyclic) bond motifs is 1. The summed E-state index contributed by atoms with van der Waals surface area (Å²) in [7, 11) is 0. The van der Waals surface area contributed by atoms with Gasteiger partial charge in [-0.15, -0.1) is 0 Å². The molecule has 1 nitrogen and oxygen atoms in total. The molecule has 1 aromatic carbocycles. The van der Waals surface area contributed by atoms with Crippen molar-refractivity contribution < 1.29 is 4.79 Å². The van der Waals surface area contributed by atoms with Crippen LogP contribution in [0.5, 0.6) is 0 Å². The van der Waals surface area contributed by atoms with Crippen LogP contribution in [-0.2, 0) is 11.2 Å². The van der Waals surface area contributed by atoms with E-state index >= 15 is 0 Å². The van der Waals surface area contributed by atoms with Gasteiger partial charge in [-0.2, -0.15) is 0 Å². The van der Waals surface area contributed by atoms with Crippen molar-refractivity contribution >= 4 is 5.78 Å². The molecule has 15 heavy (non-hydrogen) atoms. The van der Waals surface area contributed by atoms with Gasteiger partial charge in [-0.1, -0.05) is 31.2 Å². The van der Waals surface area contributed by atoms with Gasteiger partial charge in [0, 0.05) is 11.8 Å². The number of Topliss-reactive ketones (excluding diaryl/α,β-unsaturated/α-hetero) is 1. The van der Waals surface area contributed by atoms with E-state index in [1.807, 2.05) is 0 Å². The number of carbonyl (C=O) groups is 1. The normalized spacial score (nSPS) is 25.3. The molecule has 0 spiro atoms. The molecule has 1 saturated carbocycles. The number of ketones is 1. The van der Waals surface area contributed by atoms with Crippen LogP contribution in [0.25, 0.3) is 0 Å². The monoisotopic (exact) mass is 200 g/mol. The number of rotatable bonds is 3. The van der Waals surface area contributed by atoms with Crippen LogP contribution in [0.4, 0.5) is 0 Å². The molecule has 2 aliphatic carbocycles. The van der Waals surface area contributed by atoms with Crippen LogP contribution in [0.3, 0.4) is 0 Å². The first kappa shape index (κ1) is 9.14. The van der Waals surface area contributed by atoms with Crippen molar-refractivity contribution in [2.45, 2.75) is 38.5 Å². The quantitative estimate of drug-likeness (QED) is 0.732. The lowest BCUT2D eigenvalue weighted by molar-refractivity contribution is -0.124. The number of hydrogen-bond donors (Lipinski definition) is 0. The first-order chi connectivity index (χ1) is 7.19. The van der Waals surface area contributed by atoms with E-state index in [4.69, 9.17) is 0 Å². The zero-order valence-electron chi connectivity index (χ0n) is 9.12. The third-order valence-electron chi connectivity index (χ3n) is 4.07. The molecule has 0 aromatic heterocycles. The third-order valence-corrected chi connectivity index (χ3v) is 4.07. The highest BCUT2D eigenvalue weighted by molar-refractivity contribution is 5.87. The van der Waals surface area contributed by atoms with E-state index in [1.54, 1.807) is 0 Å². The summed E-state index contributed by atoms with van der Waals surface area (Å²) in [5.41, 5.74) is 2.91. The first-order valence-corrected chi connectivity index (χ1v) is 5.80. The van der Waals surface area contributed by atoms with Crippen LogP contribution in [0, 0.1) is 5.41 Å². The molecule has 2 aliphatic rings. The minimum absolute atomic E-state index is 0.0601. The Balaban J connectivity index is 1.70. The summed E-state index contributed by atoms with van der Waals surface area (Å²) >= 11 is 0. The lowest BCUT2D eigenvalue weighted by Crippen LogP contribution is -2.23. The second kappa shape index (κ2) is 2.94. The van der Waals surface area contributed by atoms with E-state index < -0.39 is 0 Å². The van der Waals surface area contributed by atoms with Gasteiger partial charge in [0.05, 0.1) is 0 Å². The van der Waals surface area contributed by atoms with Crippen LogP contribution in [0.15, 0.2) is 24.3 Å². The molecule has 0 N–H and O–H groups in total. The summed E-state index contributed by atoms with van der Waals surface area (Å²) in [5, 5.41) is 0. The molecule has 1 aromatic rings. The van der Waals surface area contributed by atoms with Crippen molar-refractivity contribution in [2.75, 3.05) is 0 Å². The Hall–Kier alpha value is -1.11. The zero-order valence-corrected chi connectivity index (χ0v) is 9.12. The largest absolute Gasteiger partial charge is 0.299 e. The van der Waals surface area contributed by atoms with Crippen LogP contribution in [0.2, 0.25) is 0 Å². The van der Waals surface area contributed by atoms with E-state index in [0.717, 1.165) is 25.7 Å². The lowest BCUT2D eigenvalue weighted by Gasteiger charge is -2.30. The highest BCUT2D eigenvalue weighted by Gasteiger charge is 2.45. The van der Waals surface area contributed by atoms with Crippen molar-refractivity contribution in [1.82, 2.24) is 0 Å². The minimum Gasteiger partial charge on any atom is -0.299 e. The van der Waals surface area contributed by atoms with E-state index in [1.165, 1.54) is 11.1 Å². The number of hydrogen-bond acceptors (Lipinski definition) is 1. The van der Waals surface area contributed by atoms with Crippen LogP contribution >= 0.6 is 0 Å². The Labute approximate surface area is 90.5 Å². The molecule has 78 valence electrons. The number of benzene rings is 1. The Morgan fingerprint density at radius 1 is 1.40 bits per heavy atom. The molecule has 0 radical (unpaired) electrons. The molecule has 0 bridgehead atoms. The molecular weight excluding hydrogens is 184 g/mol. The van der Waals surface area contributed by atoms with Crippen molar-refractivity contribution in [2.24, 2.45) is 5.41 Å². The molecule has 0 heterocycles. The van der Waals surface area contributed by atoms with Crippen molar-refractivity contribution in [3.05, 3.63) is 35.4 Å². The highest BCUT2D eigenvalue weighted by Crippen LogP contribution is 2.49. The zero-order chi connectivity index (χ0) is 10.5. The van der Waals surface area contributed by atoms with Crippen LogP contribution in [-0.4, -0.2) is 5.78 Å². The van der Waals surface area contributed by atoms with Gasteiger partial charge in [0.25, 0.3) is 0 Å². The van der Waals surface area contributed by atoms with E-state index in [-0.39, 0.29) is 5.41 Å². The lowest BCUT2D eigenvalue weighted by atomic mass is 9.74. The SMILES string of the molecule is CC1(C(=O)CC2Cc3ccccc32)CC1. The predicted molar refractivity (Wildman–Crippen MR) is 59.9 cm³/mol. The van der Waals surface area contributed by atoms with Crippen molar-refractivity contribution in [3.63, 3.8) is 0 Å².